The van der Waals surface area contributed by atoms with Gasteiger partial charge in [-0.15, -0.1) is 0 Å². The van der Waals surface area contributed by atoms with E-state index in [9.17, 15) is 14.4 Å². The molecule has 0 spiro atoms. The van der Waals surface area contributed by atoms with E-state index in [2.05, 4.69) is 10.3 Å². The minimum atomic E-state index is -0.502. The normalized spacial score (nSPS) is 16.6. The topological polar surface area (TPSA) is 79.0 Å². The Morgan fingerprint density at radius 2 is 1.92 bits per heavy atom. The number of rotatable bonds is 2. The highest BCUT2D eigenvalue weighted by Gasteiger charge is 2.25. The van der Waals surface area contributed by atoms with Gasteiger partial charge in [-0.05, 0) is 43.9 Å². The van der Waals surface area contributed by atoms with Gasteiger partial charge in [0.2, 0.25) is 0 Å². The van der Waals surface area contributed by atoms with Crippen LogP contribution in [-0.4, -0.2) is 16.7 Å². The number of Topliss-reactive ketones (excluding diaryl/α,β-unsaturated/α-hetero) is 1. The second kappa shape index (κ2) is 6.07. The Labute approximate surface area is 140 Å². The first-order valence-electron chi connectivity index (χ1n) is 8.03. The molecule has 0 unspecified atom stereocenters. The van der Waals surface area contributed by atoms with Crippen molar-refractivity contribution in [3.63, 3.8) is 0 Å². The molecule has 0 aliphatic heterocycles. The number of aryl methyl sites for hydroxylation is 2. The number of aromatic amines is 1. The van der Waals surface area contributed by atoms with Gasteiger partial charge in [0.15, 0.2) is 5.78 Å². The number of anilines is 1. The fourth-order valence-electron chi connectivity index (χ4n) is 3.14. The zero-order chi connectivity index (χ0) is 17.4. The van der Waals surface area contributed by atoms with Crippen molar-refractivity contribution < 1.29 is 9.59 Å². The highest BCUT2D eigenvalue weighted by Crippen LogP contribution is 2.24. The van der Waals surface area contributed by atoms with Crippen LogP contribution in [0.25, 0.3) is 0 Å². The zero-order valence-electron chi connectivity index (χ0n) is 14.0. The van der Waals surface area contributed by atoms with E-state index in [0.29, 0.717) is 29.8 Å². The molecule has 0 fully saturated rings. The fourth-order valence-corrected chi connectivity index (χ4v) is 3.14. The smallest absolute Gasteiger partial charge is 0.261 e. The molecule has 24 heavy (non-hydrogen) atoms. The van der Waals surface area contributed by atoms with Crippen molar-refractivity contribution in [1.82, 2.24) is 4.98 Å². The summed E-state index contributed by atoms with van der Waals surface area (Å²) in [6, 6.07) is 7.09. The molecule has 3 rings (SSSR count). The van der Waals surface area contributed by atoms with Crippen LogP contribution in [0.4, 0.5) is 5.69 Å². The summed E-state index contributed by atoms with van der Waals surface area (Å²) in [5.74, 6) is -0.325. The quantitative estimate of drug-likeness (QED) is 0.891. The number of aromatic nitrogens is 1. The lowest BCUT2D eigenvalue weighted by molar-refractivity contribution is 0.0952. The van der Waals surface area contributed by atoms with Crippen LogP contribution in [0.1, 0.15) is 50.9 Å². The van der Waals surface area contributed by atoms with Crippen LogP contribution in [0.5, 0.6) is 0 Å². The Morgan fingerprint density at radius 3 is 2.62 bits per heavy atom. The van der Waals surface area contributed by atoms with Gasteiger partial charge in [-0.3, -0.25) is 14.4 Å². The number of hydrogen-bond acceptors (Lipinski definition) is 3. The first kappa shape index (κ1) is 16.2. The number of carbonyl (C=O) groups excluding carboxylic acids is 2. The molecule has 124 valence electrons. The standard InChI is InChI=1S/C19H20N2O3/c1-10-4-5-15(12(3)6-10)20-18(23)14-9-13-16(21-19(14)24)7-11(2)8-17(13)22/h4-6,9,11H,7-8H2,1-3H3,(H,20,23)(H,21,24)/t11-/m0/s1. The van der Waals surface area contributed by atoms with E-state index < -0.39 is 11.5 Å². The maximum absolute atomic E-state index is 12.5. The van der Waals surface area contributed by atoms with Crippen LogP contribution in [0.2, 0.25) is 0 Å². The van der Waals surface area contributed by atoms with Crippen LogP contribution in [0.15, 0.2) is 29.1 Å². The number of fused-ring (bicyclic) bond motifs is 1. The van der Waals surface area contributed by atoms with E-state index in [1.807, 2.05) is 39.0 Å². The van der Waals surface area contributed by atoms with Gasteiger partial charge >= 0.3 is 0 Å². The predicted molar refractivity (Wildman–Crippen MR) is 92.7 cm³/mol. The van der Waals surface area contributed by atoms with E-state index >= 15 is 0 Å². The van der Waals surface area contributed by atoms with Gasteiger partial charge in [0.1, 0.15) is 5.56 Å². The van der Waals surface area contributed by atoms with Crippen molar-refractivity contribution >= 4 is 17.4 Å². The Kier molecular flexibility index (Phi) is 4.09. The lowest BCUT2D eigenvalue weighted by Gasteiger charge is -2.20. The number of pyridine rings is 1. The summed E-state index contributed by atoms with van der Waals surface area (Å²) in [5, 5.41) is 2.75. The lowest BCUT2D eigenvalue weighted by Crippen LogP contribution is -2.29. The molecule has 1 aliphatic carbocycles. The van der Waals surface area contributed by atoms with Gasteiger partial charge in [-0.2, -0.15) is 0 Å². The van der Waals surface area contributed by atoms with Gasteiger partial charge in [0.25, 0.3) is 11.5 Å². The van der Waals surface area contributed by atoms with Crippen molar-refractivity contribution in [2.24, 2.45) is 5.92 Å². The van der Waals surface area contributed by atoms with Gasteiger partial charge in [-0.1, -0.05) is 24.6 Å². The Hall–Kier alpha value is -2.69. The van der Waals surface area contributed by atoms with Gasteiger partial charge in [0.05, 0.1) is 0 Å². The van der Waals surface area contributed by atoms with Crippen molar-refractivity contribution in [2.75, 3.05) is 5.32 Å². The number of nitrogens with one attached hydrogen (secondary N) is 2. The number of amides is 1. The second-order valence-corrected chi connectivity index (χ2v) is 6.61. The second-order valence-electron chi connectivity index (χ2n) is 6.61. The molecule has 5 nitrogen and oxygen atoms in total. The summed E-state index contributed by atoms with van der Waals surface area (Å²) < 4.78 is 0. The summed E-state index contributed by atoms with van der Waals surface area (Å²) in [6.07, 6.45) is 1.09. The third kappa shape index (κ3) is 3.02. The average molecular weight is 324 g/mol. The maximum atomic E-state index is 12.5. The molecule has 2 N–H and O–H groups in total. The molecule has 1 amide bonds. The largest absolute Gasteiger partial charge is 0.325 e. The molecule has 1 atom stereocenters. The van der Waals surface area contributed by atoms with Crippen LogP contribution < -0.4 is 10.9 Å². The van der Waals surface area contributed by atoms with Crippen LogP contribution in [-0.2, 0) is 6.42 Å². The summed E-state index contributed by atoms with van der Waals surface area (Å²) in [4.78, 5) is 39.6. The Morgan fingerprint density at radius 1 is 1.17 bits per heavy atom. The van der Waals surface area contributed by atoms with Crippen LogP contribution in [0, 0.1) is 19.8 Å². The Bertz CT molecular complexity index is 896. The maximum Gasteiger partial charge on any atom is 0.261 e. The third-order valence-electron chi connectivity index (χ3n) is 4.38. The SMILES string of the molecule is Cc1ccc(NC(=O)c2cc3c([nH]c2=O)C[C@H](C)CC3=O)c(C)c1. The third-order valence-corrected chi connectivity index (χ3v) is 4.38. The van der Waals surface area contributed by atoms with Crippen molar-refractivity contribution in [3.05, 3.63) is 62.6 Å². The lowest BCUT2D eigenvalue weighted by atomic mass is 9.86. The summed E-state index contributed by atoms with van der Waals surface area (Å²) in [5.41, 5.74) is 3.27. The monoisotopic (exact) mass is 324 g/mol. The van der Waals surface area contributed by atoms with Crippen LogP contribution >= 0.6 is 0 Å². The first-order chi connectivity index (χ1) is 11.3. The molecule has 0 saturated heterocycles. The van der Waals surface area contributed by atoms with Crippen molar-refractivity contribution in [1.29, 1.82) is 0 Å². The van der Waals surface area contributed by atoms with Crippen LogP contribution in [0.3, 0.4) is 0 Å². The zero-order valence-corrected chi connectivity index (χ0v) is 14.0. The Balaban J connectivity index is 1.95. The van der Waals surface area contributed by atoms with Gasteiger partial charge in [0, 0.05) is 23.4 Å². The minimum Gasteiger partial charge on any atom is -0.325 e. The van der Waals surface area contributed by atoms with Gasteiger partial charge < -0.3 is 10.3 Å². The van der Waals surface area contributed by atoms with E-state index in [1.165, 1.54) is 6.07 Å². The molecule has 1 aliphatic rings. The summed E-state index contributed by atoms with van der Waals surface area (Å²) >= 11 is 0. The number of hydrogen-bond donors (Lipinski definition) is 2. The van der Waals surface area contributed by atoms with E-state index in [4.69, 9.17) is 0 Å². The molecule has 0 saturated carbocycles. The van der Waals surface area contributed by atoms with Gasteiger partial charge in [-0.25, -0.2) is 0 Å². The average Bonchev–Trinajstić information content (AvgIpc) is 2.49. The minimum absolute atomic E-state index is 0.0273. The number of H-pyrrole nitrogens is 1. The predicted octanol–water partition coefficient (Wildman–Crippen LogP) is 3.01. The molecule has 1 aromatic carbocycles. The first-order valence-corrected chi connectivity index (χ1v) is 8.03. The number of ketones is 1. The van der Waals surface area contributed by atoms with E-state index in [-0.39, 0.29) is 17.3 Å². The molecular weight excluding hydrogens is 304 g/mol. The van der Waals surface area contributed by atoms with Crippen molar-refractivity contribution in [2.45, 2.75) is 33.6 Å². The molecule has 1 aromatic heterocycles. The summed E-state index contributed by atoms with van der Waals surface area (Å²) in [6.45, 7) is 5.84. The highest BCUT2D eigenvalue weighted by atomic mass is 16.2. The van der Waals surface area contributed by atoms with E-state index in [1.54, 1.807) is 0 Å². The molecule has 0 bridgehead atoms. The van der Waals surface area contributed by atoms with Crippen molar-refractivity contribution in [3.8, 4) is 0 Å². The molecule has 0 radical (unpaired) electrons. The molecular formula is C19H20N2O3. The molecule has 5 heteroatoms. The van der Waals surface area contributed by atoms with E-state index in [0.717, 1.165) is 11.1 Å². The summed E-state index contributed by atoms with van der Waals surface area (Å²) in [7, 11) is 0. The number of carbonyl (C=O) groups is 2. The molecule has 1 heterocycles. The fraction of sp³-hybridized carbons (Fsp3) is 0.316. The molecule has 2 aromatic rings. The number of benzene rings is 1. The highest BCUT2D eigenvalue weighted by molar-refractivity contribution is 6.07.